The molecule has 1 atom stereocenters. The van der Waals surface area contributed by atoms with Crippen LogP contribution in [0.4, 0.5) is 10.1 Å². The third kappa shape index (κ3) is 5.42. The highest BCUT2D eigenvalue weighted by molar-refractivity contribution is 6.30. The zero-order valence-corrected chi connectivity index (χ0v) is 15.4. The summed E-state index contributed by atoms with van der Waals surface area (Å²) in [6.07, 6.45) is -0.584. The molecule has 0 aliphatic carbocycles. The van der Waals surface area contributed by atoms with Crippen LogP contribution in [0, 0.1) is 5.82 Å². The largest absolute Gasteiger partial charge is 0.389 e. The number of hydrogen-bond donors (Lipinski definition) is 1. The first kappa shape index (κ1) is 19.1. The number of anilines is 1. The Labute approximate surface area is 158 Å². The lowest BCUT2D eigenvalue weighted by atomic mass is 10.2. The van der Waals surface area contributed by atoms with Crippen LogP contribution in [0.25, 0.3) is 0 Å². The van der Waals surface area contributed by atoms with Gasteiger partial charge in [0.05, 0.1) is 19.3 Å². The third-order valence-electron chi connectivity index (χ3n) is 4.54. The molecule has 1 heterocycles. The predicted octanol–water partition coefficient (Wildman–Crippen LogP) is 3.18. The maximum Gasteiger partial charge on any atom is 0.128 e. The van der Waals surface area contributed by atoms with Gasteiger partial charge in [-0.15, -0.1) is 0 Å². The van der Waals surface area contributed by atoms with Crippen LogP contribution >= 0.6 is 11.6 Å². The van der Waals surface area contributed by atoms with Crippen LogP contribution in [0.3, 0.4) is 0 Å². The number of ether oxygens (including phenoxy) is 1. The smallest absolute Gasteiger partial charge is 0.128 e. The number of β-amino-alcohol motifs (C(OH)–C–C–N with tert-alkyl or cyclic N) is 1. The van der Waals surface area contributed by atoms with E-state index < -0.39 is 6.10 Å². The van der Waals surface area contributed by atoms with Crippen LogP contribution in [0.15, 0.2) is 48.5 Å². The number of hydrogen-bond acceptors (Lipinski definition) is 4. The van der Waals surface area contributed by atoms with Gasteiger partial charge < -0.3 is 14.7 Å². The lowest BCUT2D eigenvalue weighted by molar-refractivity contribution is 0.00839. The van der Waals surface area contributed by atoms with E-state index in [4.69, 9.17) is 16.3 Å². The molecule has 0 amide bonds. The van der Waals surface area contributed by atoms with E-state index in [0.717, 1.165) is 36.9 Å². The van der Waals surface area contributed by atoms with Gasteiger partial charge in [0.25, 0.3) is 0 Å². The summed E-state index contributed by atoms with van der Waals surface area (Å²) < 4.78 is 19.0. The second-order valence-electron chi connectivity index (χ2n) is 6.53. The van der Waals surface area contributed by atoms with Crippen LogP contribution in [0.2, 0.25) is 5.02 Å². The summed E-state index contributed by atoms with van der Waals surface area (Å²) in [4.78, 5) is 4.52. The molecule has 3 rings (SSSR count). The molecule has 1 unspecified atom stereocenters. The zero-order valence-electron chi connectivity index (χ0n) is 14.7. The van der Waals surface area contributed by atoms with Gasteiger partial charge in [0, 0.05) is 49.0 Å². The summed E-state index contributed by atoms with van der Waals surface area (Å²) in [5.41, 5.74) is 1.64. The molecule has 1 saturated heterocycles. The van der Waals surface area contributed by atoms with Gasteiger partial charge in [-0.05, 0) is 24.3 Å². The number of piperazine rings is 1. The standard InChI is InChI=1S/C20H24ClFN2O2/c21-17-5-3-6-18(12-17)24-10-8-23(9-11-24)13-19(25)15-26-14-16-4-1-2-7-20(16)22/h1-7,12,19,25H,8-11,13-15H2. The summed E-state index contributed by atoms with van der Waals surface area (Å²) in [5.74, 6) is -0.279. The molecule has 1 aliphatic heterocycles. The fourth-order valence-electron chi connectivity index (χ4n) is 3.13. The van der Waals surface area contributed by atoms with Gasteiger partial charge >= 0.3 is 0 Å². The van der Waals surface area contributed by atoms with Crippen molar-refractivity contribution in [1.82, 2.24) is 4.90 Å². The summed E-state index contributed by atoms with van der Waals surface area (Å²) in [6, 6.07) is 14.4. The first-order chi connectivity index (χ1) is 12.6. The van der Waals surface area contributed by atoms with E-state index in [1.54, 1.807) is 18.2 Å². The molecule has 4 nitrogen and oxygen atoms in total. The minimum atomic E-state index is -0.584. The number of rotatable bonds is 7. The number of halogens is 2. The van der Waals surface area contributed by atoms with Crippen LogP contribution in [0.5, 0.6) is 0 Å². The topological polar surface area (TPSA) is 35.9 Å². The van der Waals surface area contributed by atoms with Crippen molar-refractivity contribution >= 4 is 17.3 Å². The lowest BCUT2D eigenvalue weighted by Gasteiger charge is -2.36. The molecule has 0 spiro atoms. The van der Waals surface area contributed by atoms with Gasteiger partial charge in [0.1, 0.15) is 5.82 Å². The van der Waals surface area contributed by atoms with Gasteiger partial charge in [-0.3, -0.25) is 4.90 Å². The Morgan fingerprint density at radius 2 is 1.85 bits per heavy atom. The molecule has 0 bridgehead atoms. The Morgan fingerprint density at radius 1 is 1.08 bits per heavy atom. The zero-order chi connectivity index (χ0) is 18.4. The molecule has 0 saturated carbocycles. The Kier molecular flexibility index (Phi) is 6.86. The molecule has 2 aromatic rings. The van der Waals surface area contributed by atoms with E-state index in [-0.39, 0.29) is 19.0 Å². The van der Waals surface area contributed by atoms with Crippen molar-refractivity contribution in [2.75, 3.05) is 44.2 Å². The molecular weight excluding hydrogens is 355 g/mol. The van der Waals surface area contributed by atoms with E-state index in [1.165, 1.54) is 6.07 Å². The van der Waals surface area contributed by atoms with Crippen molar-refractivity contribution < 1.29 is 14.2 Å². The Bertz CT molecular complexity index is 708. The molecule has 0 radical (unpaired) electrons. The fraction of sp³-hybridized carbons (Fsp3) is 0.400. The lowest BCUT2D eigenvalue weighted by Crippen LogP contribution is -2.49. The van der Waals surface area contributed by atoms with E-state index in [9.17, 15) is 9.50 Å². The minimum Gasteiger partial charge on any atom is -0.389 e. The van der Waals surface area contributed by atoms with Crippen molar-refractivity contribution in [3.63, 3.8) is 0 Å². The molecule has 0 aromatic heterocycles. The van der Waals surface area contributed by atoms with E-state index in [2.05, 4.69) is 15.9 Å². The van der Waals surface area contributed by atoms with Gasteiger partial charge in [-0.2, -0.15) is 0 Å². The normalized spacial score (nSPS) is 16.7. The van der Waals surface area contributed by atoms with E-state index in [1.807, 2.05) is 18.2 Å². The van der Waals surface area contributed by atoms with Crippen LogP contribution in [-0.2, 0) is 11.3 Å². The molecular formula is C20H24ClFN2O2. The van der Waals surface area contributed by atoms with Crippen molar-refractivity contribution in [3.8, 4) is 0 Å². The molecule has 1 fully saturated rings. The highest BCUT2D eigenvalue weighted by Crippen LogP contribution is 2.20. The Hall–Kier alpha value is -1.66. The van der Waals surface area contributed by atoms with Crippen LogP contribution in [0.1, 0.15) is 5.56 Å². The van der Waals surface area contributed by atoms with E-state index >= 15 is 0 Å². The molecule has 1 aliphatic rings. The predicted molar refractivity (Wildman–Crippen MR) is 102 cm³/mol. The third-order valence-corrected chi connectivity index (χ3v) is 4.78. The van der Waals surface area contributed by atoms with Crippen LogP contribution in [-0.4, -0.2) is 55.4 Å². The van der Waals surface area contributed by atoms with Gasteiger partial charge in [-0.25, -0.2) is 4.39 Å². The van der Waals surface area contributed by atoms with Crippen molar-refractivity contribution in [2.45, 2.75) is 12.7 Å². The number of benzene rings is 2. The highest BCUT2D eigenvalue weighted by Gasteiger charge is 2.19. The molecule has 6 heteroatoms. The maximum absolute atomic E-state index is 13.5. The Balaban J connectivity index is 1.38. The molecule has 140 valence electrons. The van der Waals surface area contributed by atoms with Gasteiger partial charge in [-0.1, -0.05) is 35.9 Å². The SMILES string of the molecule is OC(COCc1ccccc1F)CN1CCN(c2cccc(Cl)c2)CC1. The van der Waals surface area contributed by atoms with Crippen molar-refractivity contribution in [2.24, 2.45) is 0 Å². The van der Waals surface area contributed by atoms with Crippen molar-refractivity contribution in [1.29, 1.82) is 0 Å². The fourth-order valence-corrected chi connectivity index (χ4v) is 3.32. The molecule has 2 aromatic carbocycles. The second-order valence-corrected chi connectivity index (χ2v) is 6.96. The number of nitrogens with zero attached hydrogens (tertiary/aromatic N) is 2. The number of aliphatic hydroxyl groups is 1. The van der Waals surface area contributed by atoms with Gasteiger partial charge in [0.15, 0.2) is 0 Å². The molecule has 26 heavy (non-hydrogen) atoms. The quantitative estimate of drug-likeness (QED) is 0.802. The van der Waals surface area contributed by atoms with Gasteiger partial charge in [0.2, 0.25) is 0 Å². The molecule has 1 N–H and O–H groups in total. The monoisotopic (exact) mass is 378 g/mol. The minimum absolute atomic E-state index is 0.173. The first-order valence-electron chi connectivity index (χ1n) is 8.84. The highest BCUT2D eigenvalue weighted by atomic mass is 35.5. The number of aliphatic hydroxyl groups excluding tert-OH is 1. The maximum atomic E-state index is 13.5. The summed E-state index contributed by atoms with van der Waals surface area (Å²) in [7, 11) is 0. The van der Waals surface area contributed by atoms with Crippen molar-refractivity contribution in [3.05, 3.63) is 64.9 Å². The average Bonchev–Trinajstić information content (AvgIpc) is 2.64. The van der Waals surface area contributed by atoms with E-state index in [0.29, 0.717) is 12.1 Å². The first-order valence-corrected chi connectivity index (χ1v) is 9.21. The average molecular weight is 379 g/mol. The summed E-state index contributed by atoms with van der Waals surface area (Å²) in [6.45, 7) is 4.45. The van der Waals surface area contributed by atoms with Crippen LogP contribution < -0.4 is 4.90 Å². The summed E-state index contributed by atoms with van der Waals surface area (Å²) >= 11 is 6.06. The Morgan fingerprint density at radius 3 is 2.58 bits per heavy atom. The summed E-state index contributed by atoms with van der Waals surface area (Å²) in [5, 5.41) is 10.9. The second kappa shape index (κ2) is 9.33.